The molecule has 1 aromatic carbocycles. The zero-order valence-electron chi connectivity index (χ0n) is 17.6. The first-order valence-corrected chi connectivity index (χ1v) is 11.3. The second-order valence-corrected chi connectivity index (χ2v) is 8.93. The summed E-state index contributed by atoms with van der Waals surface area (Å²) in [5.74, 6) is 0.801. The Balaban J connectivity index is 0.000000147. The lowest BCUT2D eigenvalue weighted by Gasteiger charge is -2.29. The largest absolute Gasteiger partial charge is 0.475 e. The Kier molecular flexibility index (Phi) is 6.21. The van der Waals surface area contributed by atoms with Gasteiger partial charge in [-0.05, 0) is 92.9 Å². The first-order chi connectivity index (χ1) is 14.5. The number of carbonyl (C=O) groups is 1. The van der Waals surface area contributed by atoms with Gasteiger partial charge in [0, 0.05) is 5.69 Å². The molecular weight excluding hydrogens is 400 g/mol. The predicted molar refractivity (Wildman–Crippen MR) is 119 cm³/mol. The summed E-state index contributed by atoms with van der Waals surface area (Å²) >= 11 is 1.18. The van der Waals surface area contributed by atoms with Crippen molar-refractivity contribution >= 4 is 23.7 Å². The average molecular weight is 431 g/mol. The third-order valence-electron chi connectivity index (χ3n) is 6.16. The van der Waals surface area contributed by atoms with Gasteiger partial charge >= 0.3 is 6.03 Å². The first-order valence-electron chi connectivity index (χ1n) is 10.4. The molecule has 0 bridgehead atoms. The van der Waals surface area contributed by atoms with E-state index in [0.717, 1.165) is 35.8 Å². The van der Waals surface area contributed by atoms with Crippen LogP contribution in [0.4, 0.5) is 10.5 Å². The van der Waals surface area contributed by atoms with Crippen LogP contribution in [0.25, 0.3) is 0 Å². The predicted octanol–water partition coefficient (Wildman–Crippen LogP) is 2.33. The SMILES string of the molecule is CN(C)C1COc2c(SN)cnn2C1.NC(=O)Nc1cc2c(c3c1CCC3)CCC2. The number of benzene rings is 1. The van der Waals surface area contributed by atoms with Gasteiger partial charge in [-0.1, -0.05) is 0 Å². The molecule has 8 nitrogen and oxygen atoms in total. The van der Waals surface area contributed by atoms with Gasteiger partial charge in [0.05, 0.1) is 18.8 Å². The van der Waals surface area contributed by atoms with E-state index in [2.05, 4.69) is 21.4 Å². The van der Waals surface area contributed by atoms with E-state index in [-0.39, 0.29) is 0 Å². The minimum atomic E-state index is -0.452. The average Bonchev–Trinajstić information content (AvgIpc) is 3.45. The molecule has 0 spiro atoms. The van der Waals surface area contributed by atoms with E-state index >= 15 is 0 Å². The van der Waals surface area contributed by atoms with E-state index in [1.165, 1.54) is 54.3 Å². The van der Waals surface area contributed by atoms with Gasteiger partial charge in [0.15, 0.2) is 0 Å². The molecule has 0 saturated heterocycles. The number of ether oxygens (including phenoxy) is 1. The summed E-state index contributed by atoms with van der Waals surface area (Å²) in [6.45, 7) is 1.56. The molecule has 1 aromatic heterocycles. The Morgan fingerprint density at radius 1 is 1.23 bits per heavy atom. The lowest BCUT2D eigenvalue weighted by atomic mass is 9.98. The van der Waals surface area contributed by atoms with Crippen LogP contribution in [-0.2, 0) is 32.2 Å². The number of carbonyl (C=O) groups excluding carboxylic acids is 1. The number of amides is 2. The zero-order chi connectivity index (χ0) is 21.3. The molecule has 30 heavy (non-hydrogen) atoms. The summed E-state index contributed by atoms with van der Waals surface area (Å²) in [6.07, 6.45) is 8.83. The van der Waals surface area contributed by atoms with Crippen molar-refractivity contribution in [3.05, 3.63) is 34.5 Å². The Morgan fingerprint density at radius 3 is 2.70 bits per heavy atom. The molecule has 5 N–H and O–H groups in total. The maximum atomic E-state index is 11.0. The van der Waals surface area contributed by atoms with E-state index in [4.69, 9.17) is 15.6 Å². The molecule has 1 unspecified atom stereocenters. The lowest BCUT2D eigenvalue weighted by Crippen LogP contribution is -2.41. The Bertz CT molecular complexity index is 942. The monoisotopic (exact) mass is 430 g/mol. The van der Waals surface area contributed by atoms with Gasteiger partial charge in [-0.25, -0.2) is 9.48 Å². The van der Waals surface area contributed by atoms with Crippen molar-refractivity contribution in [3.8, 4) is 5.88 Å². The number of urea groups is 1. The quantitative estimate of drug-likeness (QED) is 0.645. The van der Waals surface area contributed by atoms with Gasteiger partial charge in [-0.2, -0.15) is 5.10 Å². The van der Waals surface area contributed by atoms with Crippen LogP contribution in [0.2, 0.25) is 0 Å². The zero-order valence-corrected chi connectivity index (χ0v) is 18.4. The number of nitrogens with zero attached hydrogens (tertiary/aromatic N) is 3. The van der Waals surface area contributed by atoms with Gasteiger partial charge in [-0.3, -0.25) is 5.14 Å². The molecule has 5 rings (SSSR count). The smallest absolute Gasteiger partial charge is 0.316 e. The highest BCUT2D eigenvalue weighted by Gasteiger charge is 2.25. The Labute approximate surface area is 181 Å². The molecule has 1 aliphatic heterocycles. The van der Waals surface area contributed by atoms with E-state index < -0.39 is 6.03 Å². The van der Waals surface area contributed by atoms with Crippen molar-refractivity contribution in [1.29, 1.82) is 0 Å². The normalized spacial score (nSPS) is 18.7. The summed E-state index contributed by atoms with van der Waals surface area (Å²) in [7, 11) is 4.09. The molecule has 0 saturated carbocycles. The number of aryl methyl sites for hydroxylation is 1. The highest BCUT2D eigenvalue weighted by atomic mass is 32.2. The molecule has 1 atom stereocenters. The van der Waals surface area contributed by atoms with E-state index in [1.54, 1.807) is 11.8 Å². The molecule has 0 radical (unpaired) electrons. The summed E-state index contributed by atoms with van der Waals surface area (Å²) in [6, 6.07) is 2.07. The van der Waals surface area contributed by atoms with Gasteiger partial charge in [0.2, 0.25) is 5.88 Å². The van der Waals surface area contributed by atoms with Crippen LogP contribution in [0, 0.1) is 0 Å². The fourth-order valence-corrected chi connectivity index (χ4v) is 4.98. The molecule has 162 valence electrons. The first kappa shape index (κ1) is 21.0. The van der Waals surface area contributed by atoms with Crippen molar-refractivity contribution in [2.45, 2.75) is 56.0 Å². The molecule has 3 aliphatic rings. The maximum Gasteiger partial charge on any atom is 0.316 e. The summed E-state index contributed by atoms with van der Waals surface area (Å²) < 4.78 is 7.48. The summed E-state index contributed by atoms with van der Waals surface area (Å²) in [4.78, 5) is 14.0. The standard InChI is InChI=1S/C13H16N2O.C8H14N4OS/c14-13(16)15-12-7-8-3-1-4-9(8)10-5-2-6-11(10)12;1-11(2)6-4-12-8(13-5-6)7(14-9)3-10-12/h7H,1-6H2,(H3,14,15,16);3,6H,4-5,9H2,1-2H3. The number of hydrogen-bond donors (Lipinski definition) is 3. The van der Waals surface area contributed by atoms with Gasteiger partial charge in [0.1, 0.15) is 11.5 Å². The van der Waals surface area contributed by atoms with Crippen molar-refractivity contribution in [3.63, 3.8) is 0 Å². The van der Waals surface area contributed by atoms with E-state index in [1.807, 2.05) is 18.8 Å². The van der Waals surface area contributed by atoms with Gasteiger partial charge in [-0.15, -0.1) is 0 Å². The van der Waals surface area contributed by atoms with Crippen LogP contribution in [0.5, 0.6) is 5.88 Å². The third kappa shape index (κ3) is 4.14. The number of primary amides is 1. The van der Waals surface area contributed by atoms with Crippen LogP contribution in [0.3, 0.4) is 0 Å². The fourth-order valence-electron chi connectivity index (χ4n) is 4.60. The number of nitrogens with one attached hydrogen (secondary N) is 1. The van der Waals surface area contributed by atoms with E-state index in [9.17, 15) is 4.79 Å². The second-order valence-electron chi connectivity index (χ2n) is 8.26. The van der Waals surface area contributed by atoms with Crippen LogP contribution in [0.1, 0.15) is 35.1 Å². The molecule has 0 fully saturated rings. The van der Waals surface area contributed by atoms with Crippen LogP contribution in [-0.4, -0.2) is 47.5 Å². The molecule has 2 aliphatic carbocycles. The number of nitrogens with two attached hydrogens (primary N) is 2. The Morgan fingerprint density at radius 2 is 1.97 bits per heavy atom. The maximum absolute atomic E-state index is 11.0. The number of anilines is 1. The van der Waals surface area contributed by atoms with Crippen LogP contribution < -0.4 is 20.9 Å². The second kappa shape index (κ2) is 8.87. The number of likely N-dealkylation sites (N-methyl/N-ethyl adjacent to an activating group) is 1. The molecule has 9 heteroatoms. The van der Waals surface area contributed by atoms with E-state index in [0.29, 0.717) is 12.6 Å². The fraction of sp³-hybridized carbons (Fsp3) is 0.524. The topological polar surface area (TPSA) is 111 Å². The lowest BCUT2D eigenvalue weighted by molar-refractivity contribution is 0.117. The van der Waals surface area contributed by atoms with Gasteiger partial charge in [0.25, 0.3) is 0 Å². The van der Waals surface area contributed by atoms with Crippen molar-refractivity contribution in [2.24, 2.45) is 10.9 Å². The number of rotatable bonds is 3. The van der Waals surface area contributed by atoms with Crippen molar-refractivity contribution in [2.75, 3.05) is 26.0 Å². The highest BCUT2D eigenvalue weighted by molar-refractivity contribution is 7.97. The Hall–Kier alpha value is -2.23. The third-order valence-corrected chi connectivity index (χ3v) is 6.69. The van der Waals surface area contributed by atoms with Crippen LogP contribution in [0.15, 0.2) is 17.2 Å². The number of aromatic nitrogens is 2. The summed E-state index contributed by atoms with van der Waals surface area (Å²) in [5, 5.41) is 12.5. The molecular formula is C21H30N6O2S. The number of fused-ring (bicyclic) bond motifs is 4. The molecule has 2 aromatic rings. The van der Waals surface area contributed by atoms with Crippen molar-refractivity contribution in [1.82, 2.24) is 14.7 Å². The minimum Gasteiger partial charge on any atom is -0.475 e. The molecule has 2 heterocycles. The van der Waals surface area contributed by atoms with Crippen molar-refractivity contribution < 1.29 is 9.53 Å². The van der Waals surface area contributed by atoms with Crippen LogP contribution >= 0.6 is 11.9 Å². The number of hydrogen-bond acceptors (Lipinski definition) is 6. The highest BCUT2D eigenvalue weighted by Crippen LogP contribution is 2.38. The molecule has 2 amide bonds. The minimum absolute atomic E-state index is 0.387. The van der Waals surface area contributed by atoms with Gasteiger partial charge < -0.3 is 20.7 Å². The summed E-state index contributed by atoms with van der Waals surface area (Å²) in [5.41, 5.74) is 12.0.